The first-order valence-corrected chi connectivity index (χ1v) is 6.99. The first-order chi connectivity index (χ1) is 7.26. The van der Waals surface area contributed by atoms with Crippen molar-refractivity contribution in [2.45, 2.75) is 19.5 Å². The molecule has 86 valence electrons. The summed E-state index contributed by atoms with van der Waals surface area (Å²) in [5.74, 6) is 0.876. The second-order valence-corrected chi connectivity index (χ2v) is 5.42. The molecule has 0 saturated carbocycles. The lowest BCUT2D eigenvalue weighted by atomic mass is 10.4. The van der Waals surface area contributed by atoms with Gasteiger partial charge in [0.25, 0.3) is 6.48 Å². The van der Waals surface area contributed by atoms with E-state index in [0.29, 0.717) is 6.61 Å². The number of methoxy groups -OCH3 is 1. The van der Waals surface area contributed by atoms with Gasteiger partial charge in [-0.3, -0.25) is 0 Å². The van der Waals surface area contributed by atoms with Crippen LogP contribution in [0, 0.1) is 0 Å². The fourth-order valence-electron chi connectivity index (χ4n) is 1.03. The molecule has 0 aromatic heterocycles. The molecule has 3 nitrogen and oxygen atoms in total. The highest BCUT2D eigenvalue weighted by Gasteiger charge is 2.25. The predicted molar refractivity (Wildman–Crippen MR) is 65.6 cm³/mol. The quantitative estimate of drug-likeness (QED) is 0.532. The van der Waals surface area contributed by atoms with Gasteiger partial charge < -0.3 is 14.2 Å². The zero-order valence-electron chi connectivity index (χ0n) is 8.97. The summed E-state index contributed by atoms with van der Waals surface area (Å²) in [4.78, 5) is 1.05. The van der Waals surface area contributed by atoms with Gasteiger partial charge in [-0.05, 0) is 6.92 Å². The normalized spacial score (nSPS) is 26.3. The van der Waals surface area contributed by atoms with E-state index in [4.69, 9.17) is 14.2 Å². The fourth-order valence-corrected chi connectivity index (χ4v) is 3.05. The highest BCUT2D eigenvalue weighted by molar-refractivity contribution is 8.78. The second kappa shape index (κ2) is 7.35. The van der Waals surface area contributed by atoms with E-state index in [-0.39, 0.29) is 6.10 Å². The van der Waals surface area contributed by atoms with Crippen molar-refractivity contribution in [3.63, 3.8) is 0 Å². The standard InChI is InChI=1S/C10H16O3S2/c1-4-5-8(2)15-14-7-9-6-12-10(11-3)13-9/h4-5,9-10H,2,6-7H2,1,3H3/b5-4-. The molecule has 0 radical (unpaired) electrons. The Morgan fingerprint density at radius 2 is 2.47 bits per heavy atom. The molecule has 15 heavy (non-hydrogen) atoms. The Hall–Kier alpha value is 0.0600. The zero-order chi connectivity index (χ0) is 11.1. The van der Waals surface area contributed by atoms with Crippen molar-refractivity contribution in [1.29, 1.82) is 0 Å². The van der Waals surface area contributed by atoms with Crippen molar-refractivity contribution < 1.29 is 14.2 Å². The number of rotatable bonds is 6. The van der Waals surface area contributed by atoms with Crippen LogP contribution in [-0.4, -0.2) is 32.0 Å². The summed E-state index contributed by atoms with van der Waals surface area (Å²) in [6.07, 6.45) is 4.08. The lowest BCUT2D eigenvalue weighted by Crippen LogP contribution is -2.15. The van der Waals surface area contributed by atoms with Gasteiger partial charge in [0.1, 0.15) is 0 Å². The number of hydrogen-bond donors (Lipinski definition) is 0. The maximum atomic E-state index is 5.43. The molecule has 0 aliphatic carbocycles. The number of ether oxygens (including phenoxy) is 3. The van der Waals surface area contributed by atoms with Crippen molar-refractivity contribution in [3.05, 3.63) is 23.6 Å². The van der Waals surface area contributed by atoms with Crippen molar-refractivity contribution in [1.82, 2.24) is 0 Å². The summed E-state index contributed by atoms with van der Waals surface area (Å²) in [6.45, 7) is 5.99. The Kier molecular flexibility index (Phi) is 6.43. The van der Waals surface area contributed by atoms with E-state index in [1.165, 1.54) is 0 Å². The summed E-state index contributed by atoms with van der Waals surface area (Å²) >= 11 is 0. The molecule has 1 saturated heterocycles. The van der Waals surface area contributed by atoms with E-state index >= 15 is 0 Å². The molecule has 1 aliphatic heterocycles. The third kappa shape index (κ3) is 5.08. The Balaban J connectivity index is 2.08. The first-order valence-electron chi connectivity index (χ1n) is 4.67. The summed E-state index contributed by atoms with van der Waals surface area (Å²) < 4.78 is 15.6. The fraction of sp³-hybridized carbons (Fsp3) is 0.600. The second-order valence-electron chi connectivity index (χ2n) is 2.95. The minimum atomic E-state index is -0.487. The van der Waals surface area contributed by atoms with Crippen LogP contribution in [0.5, 0.6) is 0 Å². The van der Waals surface area contributed by atoms with Gasteiger partial charge in [-0.1, -0.05) is 40.3 Å². The summed E-state index contributed by atoms with van der Waals surface area (Å²) in [7, 11) is 4.94. The molecule has 1 rings (SSSR count). The minimum absolute atomic E-state index is 0.117. The van der Waals surface area contributed by atoms with Gasteiger partial charge >= 0.3 is 0 Å². The Morgan fingerprint density at radius 1 is 1.67 bits per heavy atom. The predicted octanol–water partition coefficient (Wildman–Crippen LogP) is 2.80. The minimum Gasteiger partial charge on any atom is -0.333 e. The third-order valence-corrected chi connectivity index (χ3v) is 4.07. The molecule has 2 unspecified atom stereocenters. The Labute approximate surface area is 98.6 Å². The molecule has 2 atom stereocenters. The summed E-state index contributed by atoms with van der Waals surface area (Å²) in [6, 6.07) is 0. The third-order valence-electron chi connectivity index (χ3n) is 1.69. The van der Waals surface area contributed by atoms with Crippen LogP contribution in [0.3, 0.4) is 0 Å². The van der Waals surface area contributed by atoms with E-state index in [0.717, 1.165) is 10.7 Å². The van der Waals surface area contributed by atoms with Gasteiger partial charge in [0.15, 0.2) is 0 Å². The molecule has 5 heteroatoms. The van der Waals surface area contributed by atoms with Crippen molar-refractivity contribution in [3.8, 4) is 0 Å². The molecule has 1 heterocycles. The van der Waals surface area contributed by atoms with Crippen LogP contribution < -0.4 is 0 Å². The monoisotopic (exact) mass is 248 g/mol. The van der Waals surface area contributed by atoms with Gasteiger partial charge in [-0.2, -0.15) is 0 Å². The van der Waals surface area contributed by atoms with Crippen molar-refractivity contribution in [2.24, 2.45) is 0 Å². The molecule has 0 bridgehead atoms. The van der Waals surface area contributed by atoms with Gasteiger partial charge in [-0.15, -0.1) is 0 Å². The average molecular weight is 248 g/mol. The number of allylic oxidation sites excluding steroid dienone is 2. The van der Waals surface area contributed by atoms with Gasteiger partial charge in [-0.25, -0.2) is 0 Å². The van der Waals surface area contributed by atoms with Crippen LogP contribution in [0.25, 0.3) is 0 Å². The lowest BCUT2D eigenvalue weighted by Gasteiger charge is -2.08. The van der Waals surface area contributed by atoms with Crippen LogP contribution >= 0.6 is 21.6 Å². The molecular weight excluding hydrogens is 232 g/mol. The molecule has 0 amide bonds. The summed E-state index contributed by atoms with van der Waals surface area (Å²) in [5, 5.41) is 0. The summed E-state index contributed by atoms with van der Waals surface area (Å²) in [5.41, 5.74) is 0. The molecule has 0 spiro atoms. The number of hydrogen-bond acceptors (Lipinski definition) is 5. The molecule has 1 aliphatic rings. The van der Waals surface area contributed by atoms with E-state index in [9.17, 15) is 0 Å². The van der Waals surface area contributed by atoms with E-state index in [2.05, 4.69) is 6.58 Å². The molecule has 0 aromatic carbocycles. The van der Waals surface area contributed by atoms with E-state index in [1.807, 2.05) is 19.1 Å². The van der Waals surface area contributed by atoms with Crippen molar-refractivity contribution in [2.75, 3.05) is 19.5 Å². The molecule has 0 N–H and O–H groups in total. The van der Waals surface area contributed by atoms with E-state index in [1.54, 1.807) is 28.7 Å². The smallest absolute Gasteiger partial charge is 0.271 e. The zero-order valence-corrected chi connectivity index (χ0v) is 10.6. The van der Waals surface area contributed by atoms with Gasteiger partial charge in [0.05, 0.1) is 12.7 Å². The SMILES string of the molecule is C=C(/C=C\C)SSCC1COC(OC)O1. The van der Waals surface area contributed by atoms with Crippen LogP contribution in [0.4, 0.5) is 0 Å². The van der Waals surface area contributed by atoms with Crippen LogP contribution in [0.2, 0.25) is 0 Å². The van der Waals surface area contributed by atoms with Gasteiger partial charge in [0.2, 0.25) is 0 Å². The topological polar surface area (TPSA) is 27.7 Å². The van der Waals surface area contributed by atoms with Crippen LogP contribution in [0.1, 0.15) is 6.92 Å². The lowest BCUT2D eigenvalue weighted by molar-refractivity contribution is -0.221. The largest absolute Gasteiger partial charge is 0.333 e. The highest BCUT2D eigenvalue weighted by atomic mass is 33.1. The first kappa shape index (κ1) is 13.1. The Bertz CT molecular complexity index is 231. The van der Waals surface area contributed by atoms with Crippen LogP contribution in [0.15, 0.2) is 23.6 Å². The molecular formula is C10H16O3S2. The van der Waals surface area contributed by atoms with Crippen LogP contribution in [-0.2, 0) is 14.2 Å². The Morgan fingerprint density at radius 3 is 3.07 bits per heavy atom. The average Bonchev–Trinajstić information content (AvgIpc) is 2.66. The maximum absolute atomic E-state index is 5.43. The highest BCUT2D eigenvalue weighted by Crippen LogP contribution is 2.31. The molecule has 0 aromatic rings. The maximum Gasteiger partial charge on any atom is 0.271 e. The van der Waals surface area contributed by atoms with E-state index < -0.39 is 6.48 Å². The molecule has 1 fully saturated rings. The van der Waals surface area contributed by atoms with Gasteiger partial charge in [0, 0.05) is 17.8 Å². The van der Waals surface area contributed by atoms with Crippen molar-refractivity contribution >= 4 is 21.6 Å².